The van der Waals surface area contributed by atoms with E-state index in [-0.39, 0.29) is 56.1 Å². The van der Waals surface area contributed by atoms with Crippen LogP contribution in [0.1, 0.15) is 71.1 Å². The molecule has 0 radical (unpaired) electrons. The van der Waals surface area contributed by atoms with Gasteiger partial charge in [0.05, 0.1) is 24.2 Å². The van der Waals surface area contributed by atoms with Crippen molar-refractivity contribution in [1.82, 2.24) is 0 Å². The molecule has 0 aromatic carbocycles. The molecule has 0 saturated heterocycles. The second-order valence-electron chi connectivity index (χ2n) is 8.50. The van der Waals surface area contributed by atoms with E-state index in [1.807, 2.05) is 0 Å². The zero-order valence-electron chi connectivity index (χ0n) is 17.3. The Kier molecular flexibility index (Phi) is 11.3. The predicted molar refractivity (Wildman–Crippen MR) is 110 cm³/mol. The lowest BCUT2D eigenvalue weighted by Gasteiger charge is -2.25. The fourth-order valence-electron chi connectivity index (χ4n) is 3.74. The van der Waals surface area contributed by atoms with E-state index in [0.717, 1.165) is 25.7 Å². The van der Waals surface area contributed by atoms with Crippen LogP contribution in [0.5, 0.6) is 0 Å². The highest BCUT2D eigenvalue weighted by molar-refractivity contribution is 7.58. The maximum absolute atomic E-state index is 12.4. The molecule has 1 fully saturated rings. The van der Waals surface area contributed by atoms with Gasteiger partial charge in [0.1, 0.15) is 11.6 Å². The molecular weight excluding hydrogens is 397 g/mol. The van der Waals surface area contributed by atoms with Crippen molar-refractivity contribution >= 4 is 24.9 Å². The van der Waals surface area contributed by atoms with Gasteiger partial charge in [-0.25, -0.2) is 0 Å². The Bertz CT molecular complexity index is 604. The molecule has 29 heavy (non-hydrogen) atoms. The summed E-state index contributed by atoms with van der Waals surface area (Å²) < 4.78 is 12.4. The third-order valence-corrected chi connectivity index (χ3v) is 7.68. The highest BCUT2D eigenvalue weighted by atomic mass is 31.2. The maximum atomic E-state index is 12.4. The van der Waals surface area contributed by atoms with Gasteiger partial charge in [-0.2, -0.15) is 0 Å². The molecule has 0 aromatic heterocycles. The summed E-state index contributed by atoms with van der Waals surface area (Å²) in [4.78, 5) is 44.8. The molecule has 168 valence electrons. The SMILES string of the molecule is C[C@H](CC(=O)[C@H](N)CCC(=O)CC[C@@H](O)CP(=O)(O)CC1CCCCC1)C(=O)O. The van der Waals surface area contributed by atoms with E-state index in [9.17, 15) is 28.9 Å². The molecule has 0 bridgehead atoms. The van der Waals surface area contributed by atoms with Gasteiger partial charge in [-0.05, 0) is 31.6 Å². The summed E-state index contributed by atoms with van der Waals surface area (Å²) >= 11 is 0. The van der Waals surface area contributed by atoms with Crippen LogP contribution in [0.4, 0.5) is 0 Å². The van der Waals surface area contributed by atoms with Crippen LogP contribution in [0, 0.1) is 11.8 Å². The van der Waals surface area contributed by atoms with Crippen molar-refractivity contribution in [2.24, 2.45) is 17.6 Å². The molecule has 0 heterocycles. The number of hydrogen-bond donors (Lipinski definition) is 4. The van der Waals surface area contributed by atoms with Crippen molar-refractivity contribution in [3.63, 3.8) is 0 Å². The van der Waals surface area contributed by atoms with Crippen molar-refractivity contribution in [2.75, 3.05) is 12.3 Å². The van der Waals surface area contributed by atoms with E-state index >= 15 is 0 Å². The first-order valence-electron chi connectivity index (χ1n) is 10.5. The summed E-state index contributed by atoms with van der Waals surface area (Å²) in [5.74, 6) is -2.21. The fourth-order valence-corrected chi connectivity index (χ4v) is 5.90. The Morgan fingerprint density at radius 3 is 2.28 bits per heavy atom. The van der Waals surface area contributed by atoms with Gasteiger partial charge in [-0.15, -0.1) is 0 Å². The van der Waals surface area contributed by atoms with Gasteiger partial charge in [0.2, 0.25) is 7.37 Å². The van der Waals surface area contributed by atoms with Crippen LogP contribution in [-0.2, 0) is 18.9 Å². The largest absolute Gasteiger partial charge is 0.481 e. The molecule has 1 rings (SSSR count). The number of carboxylic acid groups (broad SMARTS) is 1. The highest BCUT2D eigenvalue weighted by Gasteiger charge is 2.28. The van der Waals surface area contributed by atoms with Crippen LogP contribution < -0.4 is 5.73 Å². The third-order valence-electron chi connectivity index (χ3n) is 5.60. The number of rotatable bonds is 14. The summed E-state index contributed by atoms with van der Waals surface area (Å²) in [6.45, 7) is 1.42. The lowest BCUT2D eigenvalue weighted by atomic mass is 9.91. The third kappa shape index (κ3) is 11.0. The number of nitrogens with two attached hydrogens (primary N) is 1. The number of carbonyl (C=O) groups is 3. The normalized spacial score (nSPS) is 20.4. The number of carbonyl (C=O) groups excluding carboxylic acids is 2. The molecule has 5 N–H and O–H groups in total. The number of aliphatic carboxylic acids is 1. The molecule has 1 unspecified atom stereocenters. The molecule has 9 heteroatoms. The van der Waals surface area contributed by atoms with E-state index in [1.165, 1.54) is 13.3 Å². The van der Waals surface area contributed by atoms with Crippen molar-refractivity contribution in [2.45, 2.75) is 83.3 Å². The summed E-state index contributed by atoms with van der Waals surface area (Å²) in [5.41, 5.74) is 5.73. The van der Waals surface area contributed by atoms with E-state index in [0.29, 0.717) is 0 Å². The maximum Gasteiger partial charge on any atom is 0.306 e. The average molecular weight is 433 g/mol. The molecule has 1 saturated carbocycles. The molecule has 1 aliphatic rings. The van der Waals surface area contributed by atoms with Crippen LogP contribution >= 0.6 is 7.37 Å². The van der Waals surface area contributed by atoms with Crippen molar-refractivity contribution in [3.05, 3.63) is 0 Å². The zero-order valence-corrected chi connectivity index (χ0v) is 18.2. The molecule has 0 aliphatic heterocycles. The van der Waals surface area contributed by atoms with Gasteiger partial charge in [0.15, 0.2) is 0 Å². The first kappa shape index (κ1) is 26.0. The van der Waals surface area contributed by atoms with Crippen LogP contribution in [-0.4, -0.2) is 57.1 Å². The molecule has 1 aliphatic carbocycles. The summed E-state index contributed by atoms with van der Waals surface area (Å²) in [6.07, 6.45) is 4.47. The lowest BCUT2D eigenvalue weighted by molar-refractivity contribution is -0.143. The van der Waals surface area contributed by atoms with Gasteiger partial charge in [-0.1, -0.05) is 26.2 Å². The minimum Gasteiger partial charge on any atom is -0.481 e. The molecule has 8 nitrogen and oxygen atoms in total. The molecule has 0 spiro atoms. The Morgan fingerprint density at radius 1 is 1.10 bits per heavy atom. The van der Waals surface area contributed by atoms with Crippen molar-refractivity contribution in [3.8, 4) is 0 Å². The van der Waals surface area contributed by atoms with E-state index < -0.39 is 37.2 Å². The first-order valence-corrected chi connectivity index (χ1v) is 12.5. The fraction of sp³-hybridized carbons (Fsp3) is 0.850. The molecule has 0 amide bonds. The van der Waals surface area contributed by atoms with Gasteiger partial charge < -0.3 is 20.8 Å². The number of hydrogen-bond acceptors (Lipinski definition) is 6. The van der Waals surface area contributed by atoms with E-state index in [1.54, 1.807) is 0 Å². The second-order valence-corrected chi connectivity index (χ2v) is 10.9. The van der Waals surface area contributed by atoms with Crippen LogP contribution in [0.3, 0.4) is 0 Å². The number of aliphatic hydroxyl groups excluding tert-OH is 1. The Hall–Kier alpha value is -1.08. The topological polar surface area (TPSA) is 155 Å². The molecule has 4 atom stereocenters. The van der Waals surface area contributed by atoms with Crippen LogP contribution in [0.2, 0.25) is 0 Å². The van der Waals surface area contributed by atoms with Crippen molar-refractivity contribution < 1.29 is 34.1 Å². The molecule has 0 aromatic rings. The summed E-state index contributed by atoms with van der Waals surface area (Å²) in [5, 5.41) is 18.9. The predicted octanol–water partition coefficient (Wildman–Crippen LogP) is 2.33. The summed E-state index contributed by atoms with van der Waals surface area (Å²) in [6, 6.07) is -0.890. The van der Waals surface area contributed by atoms with Gasteiger partial charge in [0, 0.05) is 25.4 Å². The smallest absolute Gasteiger partial charge is 0.306 e. The van der Waals surface area contributed by atoms with E-state index in [2.05, 4.69) is 0 Å². The number of aliphatic hydroxyl groups is 1. The molecular formula is C20H36NO7P. The lowest BCUT2D eigenvalue weighted by Crippen LogP contribution is -2.33. The number of Topliss-reactive ketones (excluding diaryl/α,β-unsaturated/α-hetero) is 2. The van der Waals surface area contributed by atoms with Crippen LogP contribution in [0.15, 0.2) is 0 Å². The Labute approximate surface area is 172 Å². The second kappa shape index (κ2) is 12.6. The standard InChI is InChI=1S/C20H36NO7P/c1-14(20(25)26)11-19(24)18(21)10-9-16(22)7-8-17(23)13-29(27,28)12-15-5-3-2-4-6-15/h14-15,17-18,23H,2-13,21H2,1H3,(H,25,26)(H,27,28)/t14-,17-,18-/m1/s1. The quantitative estimate of drug-likeness (QED) is 0.304. The Morgan fingerprint density at radius 2 is 1.69 bits per heavy atom. The minimum absolute atomic E-state index is 0.0526. The van der Waals surface area contributed by atoms with Gasteiger partial charge in [-0.3, -0.25) is 18.9 Å². The number of ketones is 2. The highest BCUT2D eigenvalue weighted by Crippen LogP contribution is 2.46. The minimum atomic E-state index is -3.42. The van der Waals surface area contributed by atoms with Crippen LogP contribution in [0.25, 0.3) is 0 Å². The average Bonchev–Trinajstić information content (AvgIpc) is 2.64. The van der Waals surface area contributed by atoms with Crippen molar-refractivity contribution in [1.29, 1.82) is 0 Å². The Balaban J connectivity index is 2.27. The van der Waals surface area contributed by atoms with Gasteiger partial charge in [0.25, 0.3) is 0 Å². The first-order chi connectivity index (χ1) is 13.5. The summed E-state index contributed by atoms with van der Waals surface area (Å²) in [7, 11) is -3.42. The zero-order chi connectivity index (χ0) is 22.0. The van der Waals surface area contributed by atoms with E-state index in [4.69, 9.17) is 10.8 Å². The number of carboxylic acids is 1. The van der Waals surface area contributed by atoms with Gasteiger partial charge >= 0.3 is 5.97 Å². The monoisotopic (exact) mass is 433 g/mol.